The van der Waals surface area contributed by atoms with Gasteiger partial charge in [-0.3, -0.25) is 4.57 Å². The molecule has 204 valence electrons. The maximum atomic E-state index is 13.8. The zero-order valence-electron chi connectivity index (χ0n) is 22.5. The summed E-state index contributed by atoms with van der Waals surface area (Å²) in [7, 11) is -3.21. The first kappa shape index (κ1) is 31.0. The summed E-state index contributed by atoms with van der Waals surface area (Å²) in [5, 5.41) is 2.43. The molecule has 2 rings (SSSR count). The first-order chi connectivity index (χ1) is 17.6. The van der Waals surface area contributed by atoms with E-state index in [1.165, 1.54) is 48.4 Å². The molecular formula is C29H50N3O3P. The van der Waals surface area contributed by atoms with E-state index < -0.39 is 7.60 Å². The maximum Gasteiger partial charge on any atom is 0.331 e. The Kier molecular flexibility index (Phi) is 16.2. The van der Waals surface area contributed by atoms with Gasteiger partial charge in [0.1, 0.15) is 0 Å². The third-order valence-corrected chi connectivity index (χ3v) is 8.52. The molecule has 0 saturated carbocycles. The number of unbranched alkanes of at least 4 members (excludes halogenated alkanes) is 6. The van der Waals surface area contributed by atoms with E-state index in [1.54, 1.807) is 0 Å². The summed E-state index contributed by atoms with van der Waals surface area (Å²) >= 11 is 0. The smallest absolute Gasteiger partial charge is 0.330 e. The molecule has 0 aliphatic heterocycles. The number of hydrogen-bond donors (Lipinski definition) is 2. The van der Waals surface area contributed by atoms with Crippen LogP contribution in [0.3, 0.4) is 0 Å². The molecule has 0 aliphatic rings. The standard InChI is InChI=1S/C29H50N3O3P/c1-2-3-4-5-6-7-10-24-34-36(33,26-23-32(21-12-19-30)22-13-20-31)35-25-18-28-16-11-15-27-14-8-9-17-29(27)28/h8-9,11,14-17H,2-7,10,12-13,18-26,30-31H2,1H3. The Bertz CT molecular complexity index is 866. The summed E-state index contributed by atoms with van der Waals surface area (Å²) in [6.45, 7) is 6.83. The van der Waals surface area contributed by atoms with E-state index in [9.17, 15) is 4.57 Å². The molecule has 0 aliphatic carbocycles. The number of hydrogen-bond acceptors (Lipinski definition) is 6. The summed E-state index contributed by atoms with van der Waals surface area (Å²) in [5.41, 5.74) is 12.7. The van der Waals surface area contributed by atoms with Crippen LogP contribution >= 0.6 is 7.60 Å². The van der Waals surface area contributed by atoms with Crippen LogP contribution in [0.15, 0.2) is 42.5 Å². The van der Waals surface area contributed by atoms with Crippen LogP contribution < -0.4 is 11.5 Å². The number of rotatable bonds is 22. The molecule has 0 spiro atoms. The second-order valence-corrected chi connectivity index (χ2v) is 11.8. The third kappa shape index (κ3) is 12.3. The molecule has 0 radical (unpaired) electrons. The number of fused-ring (bicyclic) bond motifs is 1. The fraction of sp³-hybridized carbons (Fsp3) is 0.655. The molecule has 0 bridgehead atoms. The Morgan fingerprint density at radius 1 is 0.750 bits per heavy atom. The predicted molar refractivity (Wildman–Crippen MR) is 154 cm³/mol. The molecule has 1 atom stereocenters. The Balaban J connectivity index is 1.92. The van der Waals surface area contributed by atoms with Crippen molar-refractivity contribution in [3.05, 3.63) is 48.0 Å². The van der Waals surface area contributed by atoms with Crippen molar-refractivity contribution in [1.29, 1.82) is 0 Å². The third-order valence-electron chi connectivity index (χ3n) is 6.62. The number of benzene rings is 2. The molecule has 0 aromatic heterocycles. The van der Waals surface area contributed by atoms with E-state index in [-0.39, 0.29) is 0 Å². The van der Waals surface area contributed by atoms with Crippen molar-refractivity contribution >= 4 is 18.4 Å². The van der Waals surface area contributed by atoms with Crippen molar-refractivity contribution in [1.82, 2.24) is 4.90 Å². The number of nitrogens with two attached hydrogens (primary N) is 2. The zero-order chi connectivity index (χ0) is 25.9. The van der Waals surface area contributed by atoms with Crippen LogP contribution in [0.5, 0.6) is 0 Å². The van der Waals surface area contributed by atoms with E-state index in [0.29, 0.717) is 45.4 Å². The molecule has 4 N–H and O–H groups in total. The van der Waals surface area contributed by atoms with Gasteiger partial charge in [0.25, 0.3) is 0 Å². The van der Waals surface area contributed by atoms with Gasteiger partial charge in [-0.25, -0.2) is 0 Å². The van der Waals surface area contributed by atoms with Crippen LogP contribution in [0.1, 0.15) is 70.3 Å². The largest absolute Gasteiger partial charge is 0.331 e. The Hall–Kier alpha value is -1.27. The summed E-state index contributed by atoms with van der Waals surface area (Å²) < 4.78 is 25.8. The number of nitrogens with zero attached hydrogens (tertiary/aromatic N) is 1. The van der Waals surface area contributed by atoms with Gasteiger partial charge in [-0.05, 0) is 68.2 Å². The topological polar surface area (TPSA) is 90.8 Å². The monoisotopic (exact) mass is 519 g/mol. The van der Waals surface area contributed by atoms with Crippen LogP contribution in [-0.2, 0) is 20.0 Å². The lowest BCUT2D eigenvalue weighted by Crippen LogP contribution is -2.31. The molecule has 1 unspecified atom stereocenters. The molecule has 0 fully saturated rings. The van der Waals surface area contributed by atoms with Crippen LogP contribution in [0, 0.1) is 0 Å². The van der Waals surface area contributed by atoms with Crippen molar-refractivity contribution in [2.75, 3.05) is 52.1 Å². The van der Waals surface area contributed by atoms with Gasteiger partial charge < -0.3 is 25.4 Å². The second-order valence-electron chi connectivity index (χ2n) is 9.64. The average Bonchev–Trinajstić information content (AvgIpc) is 2.90. The minimum atomic E-state index is -3.21. The van der Waals surface area contributed by atoms with Gasteiger partial charge in [-0.1, -0.05) is 87.9 Å². The molecule has 0 amide bonds. The van der Waals surface area contributed by atoms with Crippen molar-refractivity contribution < 1.29 is 13.6 Å². The van der Waals surface area contributed by atoms with Gasteiger partial charge in [0, 0.05) is 6.54 Å². The summed E-state index contributed by atoms with van der Waals surface area (Å²) in [5.74, 6) is 0. The van der Waals surface area contributed by atoms with Crippen molar-refractivity contribution in [3.8, 4) is 0 Å². The average molecular weight is 520 g/mol. The van der Waals surface area contributed by atoms with Gasteiger partial charge >= 0.3 is 7.60 Å². The molecule has 0 heterocycles. The molecule has 36 heavy (non-hydrogen) atoms. The van der Waals surface area contributed by atoms with Crippen LogP contribution in [0.4, 0.5) is 0 Å². The van der Waals surface area contributed by atoms with Gasteiger partial charge in [-0.15, -0.1) is 0 Å². The normalized spacial score (nSPS) is 13.4. The summed E-state index contributed by atoms with van der Waals surface area (Å²) in [6.07, 6.45) is 11.3. The van der Waals surface area contributed by atoms with E-state index in [2.05, 4.69) is 54.3 Å². The van der Waals surface area contributed by atoms with Gasteiger partial charge in [-0.2, -0.15) is 0 Å². The Morgan fingerprint density at radius 2 is 1.39 bits per heavy atom. The fourth-order valence-electron chi connectivity index (χ4n) is 4.46. The highest BCUT2D eigenvalue weighted by Gasteiger charge is 2.25. The summed E-state index contributed by atoms with van der Waals surface area (Å²) in [6, 6.07) is 14.7. The molecular weight excluding hydrogens is 469 g/mol. The molecule has 2 aromatic rings. The first-order valence-electron chi connectivity index (χ1n) is 14.1. The van der Waals surface area contributed by atoms with Crippen LogP contribution in [0.25, 0.3) is 10.8 Å². The van der Waals surface area contributed by atoms with Gasteiger partial charge in [0.15, 0.2) is 0 Å². The quantitative estimate of drug-likeness (QED) is 0.139. The van der Waals surface area contributed by atoms with E-state index in [1.807, 2.05) is 0 Å². The van der Waals surface area contributed by atoms with E-state index in [0.717, 1.165) is 38.8 Å². The first-order valence-corrected chi connectivity index (χ1v) is 15.8. The van der Waals surface area contributed by atoms with Crippen LogP contribution in [-0.4, -0.2) is 57.0 Å². The lowest BCUT2D eigenvalue weighted by atomic mass is 10.0. The van der Waals surface area contributed by atoms with E-state index in [4.69, 9.17) is 20.5 Å². The lowest BCUT2D eigenvalue weighted by molar-refractivity contribution is 0.196. The lowest BCUT2D eigenvalue weighted by Gasteiger charge is -2.25. The highest BCUT2D eigenvalue weighted by Crippen LogP contribution is 2.48. The van der Waals surface area contributed by atoms with Crippen molar-refractivity contribution in [3.63, 3.8) is 0 Å². The van der Waals surface area contributed by atoms with Crippen molar-refractivity contribution in [2.24, 2.45) is 11.5 Å². The van der Waals surface area contributed by atoms with Gasteiger partial charge in [0.05, 0.1) is 19.4 Å². The molecule has 6 nitrogen and oxygen atoms in total. The van der Waals surface area contributed by atoms with Gasteiger partial charge in [0.2, 0.25) is 0 Å². The fourth-order valence-corrected chi connectivity index (χ4v) is 6.10. The second kappa shape index (κ2) is 18.9. The van der Waals surface area contributed by atoms with Crippen molar-refractivity contribution in [2.45, 2.75) is 71.1 Å². The molecule has 7 heteroatoms. The zero-order valence-corrected chi connectivity index (χ0v) is 23.4. The van der Waals surface area contributed by atoms with Crippen LogP contribution in [0.2, 0.25) is 0 Å². The maximum absolute atomic E-state index is 13.8. The minimum absolute atomic E-state index is 0.383. The Labute approximate surface area is 219 Å². The molecule has 0 saturated heterocycles. The highest BCUT2D eigenvalue weighted by molar-refractivity contribution is 7.53. The van der Waals surface area contributed by atoms with E-state index >= 15 is 0 Å². The SMILES string of the molecule is CCCCCCCCCOP(=O)(CCN(CCCN)CCCN)OCCc1cccc2ccccc12. The molecule has 2 aromatic carbocycles. The summed E-state index contributed by atoms with van der Waals surface area (Å²) in [4.78, 5) is 2.29. The Morgan fingerprint density at radius 3 is 2.11 bits per heavy atom. The highest BCUT2D eigenvalue weighted by atomic mass is 31.2. The minimum Gasteiger partial charge on any atom is -0.330 e. The predicted octanol–water partition coefficient (Wildman–Crippen LogP) is 6.36.